The molecule has 2 aromatic rings. The summed E-state index contributed by atoms with van der Waals surface area (Å²) in [5.74, 6) is -0.709. The van der Waals surface area contributed by atoms with E-state index in [0.29, 0.717) is 31.9 Å². The van der Waals surface area contributed by atoms with Crippen molar-refractivity contribution < 1.29 is 19.1 Å². The highest BCUT2D eigenvalue weighted by molar-refractivity contribution is 7.98. The average Bonchev–Trinajstić information content (AvgIpc) is 3.17. The van der Waals surface area contributed by atoms with Gasteiger partial charge >= 0.3 is 5.97 Å². The third-order valence-electron chi connectivity index (χ3n) is 4.36. The second-order valence-corrected chi connectivity index (χ2v) is 6.70. The van der Waals surface area contributed by atoms with Gasteiger partial charge in [0.1, 0.15) is 6.04 Å². The Morgan fingerprint density at radius 3 is 2.32 bits per heavy atom. The second kappa shape index (κ2) is 7.76. The first kappa shape index (κ1) is 17.6. The monoisotopic (exact) mass is 360 g/mol. The van der Waals surface area contributed by atoms with Crippen molar-refractivity contribution in [3.05, 3.63) is 54.0 Å². The van der Waals surface area contributed by atoms with Crippen molar-refractivity contribution in [2.75, 3.05) is 32.4 Å². The third kappa shape index (κ3) is 3.88. The van der Waals surface area contributed by atoms with Crippen molar-refractivity contribution in [2.24, 2.45) is 0 Å². The third-order valence-corrected chi connectivity index (χ3v) is 5.11. The lowest BCUT2D eigenvalue weighted by atomic mass is 10.0. The number of aliphatic carboxylic acids is 1. The van der Waals surface area contributed by atoms with E-state index in [2.05, 4.69) is 0 Å². The van der Waals surface area contributed by atoms with Crippen LogP contribution in [0.4, 0.5) is 0 Å². The van der Waals surface area contributed by atoms with Crippen molar-refractivity contribution in [1.29, 1.82) is 0 Å². The first-order valence-corrected chi connectivity index (χ1v) is 9.26. The molecule has 1 aromatic carbocycles. The van der Waals surface area contributed by atoms with Gasteiger partial charge in [-0.3, -0.25) is 14.5 Å². The molecule has 0 bridgehead atoms. The molecule has 1 aliphatic rings. The summed E-state index contributed by atoms with van der Waals surface area (Å²) in [6.45, 7) is 1.97. The summed E-state index contributed by atoms with van der Waals surface area (Å²) in [6, 6.07) is 10.2. The van der Waals surface area contributed by atoms with Crippen LogP contribution in [0, 0.1) is 0 Å². The first-order chi connectivity index (χ1) is 12.1. The number of rotatable bonds is 5. The maximum absolute atomic E-state index is 12.3. The first-order valence-electron chi connectivity index (χ1n) is 8.03. The van der Waals surface area contributed by atoms with Crippen LogP contribution in [0.3, 0.4) is 0 Å². The number of nitrogens with zero attached hydrogens (tertiary/aromatic N) is 2. The standard InChI is InChI=1S/C18H20N2O4S/c1-25-14-6-4-13(5-7-14)16(18(22)23)19-8-10-20(11-9-19)17(21)15-3-2-12-24-15/h2-7,12,16H,8-11H2,1H3,(H,22,23)/t16-/m1/s1. The molecule has 25 heavy (non-hydrogen) atoms. The van der Waals surface area contributed by atoms with E-state index in [1.807, 2.05) is 35.4 Å². The SMILES string of the molecule is CSc1ccc([C@H](C(=O)O)N2CCN(C(=O)c3ccco3)CC2)cc1. The summed E-state index contributed by atoms with van der Waals surface area (Å²) in [5, 5.41) is 9.69. The van der Waals surface area contributed by atoms with Gasteiger partial charge in [-0.05, 0) is 36.1 Å². The molecule has 1 saturated heterocycles. The van der Waals surface area contributed by atoms with Crippen molar-refractivity contribution in [3.63, 3.8) is 0 Å². The zero-order valence-electron chi connectivity index (χ0n) is 13.9. The molecule has 0 aliphatic carbocycles. The molecule has 0 spiro atoms. The molecule has 6 nitrogen and oxygen atoms in total. The summed E-state index contributed by atoms with van der Waals surface area (Å²) in [4.78, 5) is 28.8. The van der Waals surface area contributed by atoms with Gasteiger partial charge in [-0.25, -0.2) is 0 Å². The molecule has 1 aliphatic heterocycles. The predicted molar refractivity (Wildman–Crippen MR) is 94.8 cm³/mol. The molecule has 132 valence electrons. The molecule has 1 atom stereocenters. The molecule has 3 rings (SSSR count). The van der Waals surface area contributed by atoms with Gasteiger partial charge in [0.15, 0.2) is 5.76 Å². The number of hydrogen-bond donors (Lipinski definition) is 1. The summed E-state index contributed by atoms with van der Waals surface area (Å²) in [6.07, 6.45) is 3.46. The van der Waals surface area contributed by atoms with E-state index in [1.54, 1.807) is 28.8 Å². The van der Waals surface area contributed by atoms with Gasteiger partial charge in [0, 0.05) is 31.1 Å². The number of thioether (sulfide) groups is 1. The number of carbonyl (C=O) groups is 2. The Morgan fingerprint density at radius 2 is 1.80 bits per heavy atom. The minimum Gasteiger partial charge on any atom is -0.480 e. The van der Waals surface area contributed by atoms with Crippen LogP contribution in [0.5, 0.6) is 0 Å². The zero-order chi connectivity index (χ0) is 17.8. The Hall–Kier alpha value is -2.25. The van der Waals surface area contributed by atoms with Gasteiger partial charge in [0.05, 0.1) is 6.26 Å². The van der Waals surface area contributed by atoms with Crippen molar-refractivity contribution in [2.45, 2.75) is 10.9 Å². The van der Waals surface area contributed by atoms with Crippen LogP contribution in [0.15, 0.2) is 52.0 Å². The van der Waals surface area contributed by atoms with Crippen molar-refractivity contribution in [1.82, 2.24) is 9.80 Å². The largest absolute Gasteiger partial charge is 0.480 e. The minimum absolute atomic E-state index is 0.152. The van der Waals surface area contributed by atoms with Crippen LogP contribution < -0.4 is 0 Å². The van der Waals surface area contributed by atoms with Crippen LogP contribution in [0.1, 0.15) is 22.2 Å². The summed E-state index contributed by atoms with van der Waals surface area (Å²) in [7, 11) is 0. The van der Waals surface area contributed by atoms with Gasteiger partial charge < -0.3 is 14.4 Å². The Balaban J connectivity index is 1.68. The smallest absolute Gasteiger partial charge is 0.325 e. The zero-order valence-corrected chi connectivity index (χ0v) is 14.7. The Bertz CT molecular complexity index is 722. The van der Waals surface area contributed by atoms with E-state index in [-0.39, 0.29) is 5.91 Å². The van der Waals surface area contributed by atoms with Gasteiger partial charge in [-0.15, -0.1) is 11.8 Å². The van der Waals surface area contributed by atoms with Crippen LogP contribution in [-0.4, -0.2) is 59.2 Å². The molecule has 2 heterocycles. The highest BCUT2D eigenvalue weighted by Gasteiger charge is 2.32. The topological polar surface area (TPSA) is 74.0 Å². The molecule has 1 N–H and O–H groups in total. The van der Waals surface area contributed by atoms with Gasteiger partial charge in [-0.2, -0.15) is 0 Å². The summed E-state index contributed by atoms with van der Waals surface area (Å²) >= 11 is 1.62. The minimum atomic E-state index is -0.872. The number of furan rings is 1. The lowest BCUT2D eigenvalue weighted by Gasteiger charge is -2.37. The van der Waals surface area contributed by atoms with Crippen molar-refractivity contribution in [3.8, 4) is 0 Å². The molecule has 7 heteroatoms. The van der Waals surface area contributed by atoms with Crippen LogP contribution in [-0.2, 0) is 4.79 Å². The quantitative estimate of drug-likeness (QED) is 0.826. The molecular weight excluding hydrogens is 340 g/mol. The second-order valence-electron chi connectivity index (χ2n) is 5.82. The summed E-state index contributed by atoms with van der Waals surface area (Å²) < 4.78 is 5.15. The van der Waals surface area contributed by atoms with Crippen LogP contribution in [0.25, 0.3) is 0 Å². The average molecular weight is 360 g/mol. The Kier molecular flexibility index (Phi) is 5.45. The van der Waals surface area contributed by atoms with E-state index in [1.165, 1.54) is 6.26 Å². The maximum atomic E-state index is 12.3. The number of benzene rings is 1. The molecule has 0 radical (unpaired) electrons. The van der Waals surface area contributed by atoms with Gasteiger partial charge in [0.25, 0.3) is 5.91 Å². The van der Waals surface area contributed by atoms with E-state index in [4.69, 9.17) is 4.42 Å². The molecule has 0 unspecified atom stereocenters. The van der Waals surface area contributed by atoms with E-state index >= 15 is 0 Å². The maximum Gasteiger partial charge on any atom is 0.325 e. The van der Waals surface area contributed by atoms with Crippen molar-refractivity contribution >= 4 is 23.6 Å². The highest BCUT2D eigenvalue weighted by Crippen LogP contribution is 2.25. The molecular formula is C18H20N2O4S. The number of amides is 1. The van der Waals surface area contributed by atoms with Crippen LogP contribution >= 0.6 is 11.8 Å². The lowest BCUT2D eigenvalue weighted by molar-refractivity contribution is -0.144. The molecule has 1 amide bonds. The van der Waals surface area contributed by atoms with E-state index in [9.17, 15) is 14.7 Å². The fraction of sp³-hybridized carbons (Fsp3) is 0.333. The highest BCUT2D eigenvalue weighted by atomic mass is 32.2. The van der Waals surface area contributed by atoms with Crippen LogP contribution in [0.2, 0.25) is 0 Å². The van der Waals surface area contributed by atoms with E-state index in [0.717, 1.165) is 10.5 Å². The number of carbonyl (C=O) groups excluding carboxylic acids is 1. The van der Waals surface area contributed by atoms with E-state index < -0.39 is 12.0 Å². The fourth-order valence-corrected chi connectivity index (χ4v) is 3.44. The molecule has 1 fully saturated rings. The Labute approximate surface area is 150 Å². The molecule has 1 aromatic heterocycles. The number of carboxylic acid groups (broad SMARTS) is 1. The Morgan fingerprint density at radius 1 is 1.12 bits per heavy atom. The number of piperazine rings is 1. The van der Waals surface area contributed by atoms with Gasteiger partial charge in [0.2, 0.25) is 0 Å². The molecule has 0 saturated carbocycles. The number of carboxylic acids is 1. The van der Waals surface area contributed by atoms with Gasteiger partial charge in [-0.1, -0.05) is 12.1 Å². The fourth-order valence-electron chi connectivity index (χ4n) is 3.04. The summed E-state index contributed by atoms with van der Waals surface area (Å²) in [5.41, 5.74) is 0.760. The lowest BCUT2D eigenvalue weighted by Crippen LogP contribution is -2.51. The normalized spacial score (nSPS) is 16.6. The predicted octanol–water partition coefficient (Wildman–Crippen LogP) is 2.59. The number of hydrogen-bond acceptors (Lipinski definition) is 5.